The first-order valence-corrected chi connectivity index (χ1v) is 7.88. The van der Waals surface area contributed by atoms with E-state index in [-0.39, 0.29) is 5.82 Å². The second kappa shape index (κ2) is 6.96. The summed E-state index contributed by atoms with van der Waals surface area (Å²) >= 11 is 5.19. The third-order valence-corrected chi connectivity index (χ3v) is 4.37. The maximum atomic E-state index is 13.0. The molecule has 0 radical (unpaired) electrons. The Bertz CT molecular complexity index is 560. The summed E-state index contributed by atoms with van der Waals surface area (Å²) in [5.41, 5.74) is 2.16. The first-order valence-electron chi connectivity index (χ1n) is 6.10. The zero-order valence-electron chi connectivity index (χ0n) is 10.6. The highest BCUT2D eigenvalue weighted by Crippen LogP contribution is 2.27. The standard InChI is InChI=1S/C15H15BrFNS/c1-2-19-15-6-4-3-5-14(15)18-10-11-7-8-12(17)9-13(11)16/h3-9,18H,2,10H2,1H3. The largest absolute Gasteiger partial charge is 0.380 e. The predicted molar refractivity (Wildman–Crippen MR) is 84.3 cm³/mol. The van der Waals surface area contributed by atoms with E-state index in [1.807, 2.05) is 23.9 Å². The summed E-state index contributed by atoms with van der Waals surface area (Å²) in [6.07, 6.45) is 0. The molecule has 0 aliphatic carbocycles. The van der Waals surface area contributed by atoms with E-state index in [9.17, 15) is 4.39 Å². The lowest BCUT2D eigenvalue weighted by atomic mass is 10.2. The van der Waals surface area contributed by atoms with Crippen LogP contribution in [0.5, 0.6) is 0 Å². The molecule has 2 aromatic carbocycles. The molecule has 0 aliphatic heterocycles. The molecular weight excluding hydrogens is 325 g/mol. The topological polar surface area (TPSA) is 12.0 Å². The van der Waals surface area contributed by atoms with Crippen LogP contribution in [0.4, 0.5) is 10.1 Å². The third-order valence-electron chi connectivity index (χ3n) is 2.67. The molecule has 0 heterocycles. The summed E-state index contributed by atoms with van der Waals surface area (Å²) in [6.45, 7) is 2.81. The summed E-state index contributed by atoms with van der Waals surface area (Å²) in [6, 6.07) is 13.0. The lowest BCUT2D eigenvalue weighted by molar-refractivity contribution is 0.626. The molecule has 0 amide bonds. The second-order valence-corrected chi connectivity index (χ2v) is 6.18. The zero-order chi connectivity index (χ0) is 13.7. The Hall–Kier alpha value is -1.00. The van der Waals surface area contributed by atoms with Crippen LogP contribution in [0.1, 0.15) is 12.5 Å². The number of nitrogens with one attached hydrogen (secondary N) is 1. The van der Waals surface area contributed by atoms with Gasteiger partial charge in [-0.1, -0.05) is 41.1 Å². The number of thioether (sulfide) groups is 1. The van der Waals surface area contributed by atoms with Gasteiger partial charge in [0.2, 0.25) is 0 Å². The van der Waals surface area contributed by atoms with Crippen LogP contribution >= 0.6 is 27.7 Å². The number of halogens is 2. The zero-order valence-corrected chi connectivity index (χ0v) is 13.0. The monoisotopic (exact) mass is 339 g/mol. The van der Waals surface area contributed by atoms with Crippen LogP contribution in [0, 0.1) is 5.82 Å². The summed E-state index contributed by atoms with van der Waals surface area (Å²) in [7, 11) is 0. The molecule has 0 saturated carbocycles. The Morgan fingerprint density at radius 3 is 2.74 bits per heavy atom. The normalized spacial score (nSPS) is 10.5. The SMILES string of the molecule is CCSc1ccccc1NCc1ccc(F)cc1Br. The van der Waals surface area contributed by atoms with E-state index in [2.05, 4.69) is 40.3 Å². The molecule has 0 unspecified atom stereocenters. The first-order chi connectivity index (χ1) is 9.20. The molecule has 100 valence electrons. The van der Waals surface area contributed by atoms with Gasteiger partial charge in [0.05, 0.1) is 0 Å². The molecule has 1 N–H and O–H groups in total. The van der Waals surface area contributed by atoms with Crippen molar-refractivity contribution in [2.45, 2.75) is 18.4 Å². The van der Waals surface area contributed by atoms with Gasteiger partial charge >= 0.3 is 0 Å². The molecule has 0 bridgehead atoms. The number of hydrogen-bond acceptors (Lipinski definition) is 2. The van der Waals surface area contributed by atoms with Crippen LogP contribution < -0.4 is 5.32 Å². The van der Waals surface area contributed by atoms with Crippen LogP contribution in [0.25, 0.3) is 0 Å². The molecule has 2 aromatic rings. The van der Waals surface area contributed by atoms with Crippen molar-refractivity contribution in [1.29, 1.82) is 0 Å². The maximum absolute atomic E-state index is 13.0. The van der Waals surface area contributed by atoms with Gasteiger partial charge in [-0.05, 0) is 35.6 Å². The Labute approximate surface area is 125 Å². The highest BCUT2D eigenvalue weighted by atomic mass is 79.9. The van der Waals surface area contributed by atoms with Crippen molar-refractivity contribution in [3.8, 4) is 0 Å². The van der Waals surface area contributed by atoms with E-state index in [0.717, 1.165) is 21.5 Å². The van der Waals surface area contributed by atoms with Gasteiger partial charge in [0.15, 0.2) is 0 Å². The van der Waals surface area contributed by atoms with Gasteiger partial charge in [0, 0.05) is 21.6 Å². The van der Waals surface area contributed by atoms with Crippen molar-refractivity contribution >= 4 is 33.4 Å². The van der Waals surface area contributed by atoms with Gasteiger partial charge in [-0.3, -0.25) is 0 Å². The smallest absolute Gasteiger partial charge is 0.124 e. The van der Waals surface area contributed by atoms with Gasteiger partial charge in [-0.2, -0.15) is 0 Å². The quantitative estimate of drug-likeness (QED) is 0.740. The highest BCUT2D eigenvalue weighted by Gasteiger charge is 2.04. The number of rotatable bonds is 5. The predicted octanol–water partition coefficient (Wildman–Crippen LogP) is 5.31. The molecule has 0 saturated heterocycles. The minimum atomic E-state index is -0.224. The van der Waals surface area contributed by atoms with E-state index >= 15 is 0 Å². The van der Waals surface area contributed by atoms with Crippen molar-refractivity contribution in [2.75, 3.05) is 11.1 Å². The van der Waals surface area contributed by atoms with E-state index < -0.39 is 0 Å². The summed E-state index contributed by atoms with van der Waals surface area (Å²) in [5.74, 6) is 0.816. The number of hydrogen-bond donors (Lipinski definition) is 1. The molecule has 19 heavy (non-hydrogen) atoms. The molecule has 0 fully saturated rings. The van der Waals surface area contributed by atoms with E-state index in [1.165, 1.54) is 17.0 Å². The maximum Gasteiger partial charge on any atom is 0.124 e. The minimum Gasteiger partial charge on any atom is -0.380 e. The molecule has 2 rings (SSSR count). The molecule has 0 aromatic heterocycles. The molecule has 0 aliphatic rings. The third kappa shape index (κ3) is 3.98. The molecule has 0 spiro atoms. The Balaban J connectivity index is 2.10. The van der Waals surface area contributed by atoms with E-state index in [1.54, 1.807) is 6.07 Å². The average Bonchev–Trinajstić information content (AvgIpc) is 2.40. The van der Waals surface area contributed by atoms with E-state index in [4.69, 9.17) is 0 Å². The first kappa shape index (κ1) is 14.4. The van der Waals surface area contributed by atoms with Crippen molar-refractivity contribution in [3.63, 3.8) is 0 Å². The highest BCUT2D eigenvalue weighted by molar-refractivity contribution is 9.10. The van der Waals surface area contributed by atoms with Crippen molar-refractivity contribution in [2.24, 2.45) is 0 Å². The van der Waals surface area contributed by atoms with Gasteiger partial charge in [0.25, 0.3) is 0 Å². The van der Waals surface area contributed by atoms with Crippen LogP contribution in [-0.2, 0) is 6.54 Å². The summed E-state index contributed by atoms with van der Waals surface area (Å²) < 4.78 is 13.8. The molecule has 0 atom stereocenters. The van der Waals surface area contributed by atoms with Crippen LogP contribution in [0.3, 0.4) is 0 Å². The second-order valence-electron chi connectivity index (χ2n) is 4.02. The van der Waals surface area contributed by atoms with Crippen molar-refractivity contribution in [1.82, 2.24) is 0 Å². The Morgan fingerprint density at radius 1 is 1.21 bits per heavy atom. The number of anilines is 1. The Kier molecular flexibility index (Phi) is 5.28. The lowest BCUT2D eigenvalue weighted by Gasteiger charge is -2.12. The fraction of sp³-hybridized carbons (Fsp3) is 0.200. The van der Waals surface area contributed by atoms with Crippen LogP contribution in [0.2, 0.25) is 0 Å². The molecule has 4 heteroatoms. The lowest BCUT2D eigenvalue weighted by Crippen LogP contribution is -2.01. The van der Waals surface area contributed by atoms with E-state index in [0.29, 0.717) is 6.54 Å². The van der Waals surface area contributed by atoms with Crippen LogP contribution in [0.15, 0.2) is 51.8 Å². The van der Waals surface area contributed by atoms with Gasteiger partial charge in [-0.25, -0.2) is 4.39 Å². The molecule has 1 nitrogen and oxygen atoms in total. The Morgan fingerprint density at radius 2 is 2.00 bits per heavy atom. The fourth-order valence-corrected chi connectivity index (χ4v) is 3.02. The molecular formula is C15H15BrFNS. The van der Waals surface area contributed by atoms with Gasteiger partial charge < -0.3 is 5.32 Å². The van der Waals surface area contributed by atoms with Crippen LogP contribution in [-0.4, -0.2) is 5.75 Å². The minimum absolute atomic E-state index is 0.224. The number of benzene rings is 2. The number of para-hydroxylation sites is 1. The van der Waals surface area contributed by atoms with Gasteiger partial charge in [0.1, 0.15) is 5.82 Å². The summed E-state index contributed by atoms with van der Waals surface area (Å²) in [5, 5.41) is 3.40. The van der Waals surface area contributed by atoms with Gasteiger partial charge in [-0.15, -0.1) is 11.8 Å². The van der Waals surface area contributed by atoms with Crippen molar-refractivity contribution in [3.05, 3.63) is 58.3 Å². The average molecular weight is 340 g/mol. The fourth-order valence-electron chi connectivity index (χ4n) is 1.75. The summed E-state index contributed by atoms with van der Waals surface area (Å²) in [4.78, 5) is 1.24. The van der Waals surface area contributed by atoms with Crippen molar-refractivity contribution < 1.29 is 4.39 Å².